The molecule has 0 radical (unpaired) electrons. The molecular formula is C22H23NO4. The second kappa shape index (κ2) is 8.50. The molecule has 0 aromatic heterocycles. The van der Waals surface area contributed by atoms with Gasteiger partial charge in [-0.25, -0.2) is 4.79 Å². The van der Waals surface area contributed by atoms with E-state index in [1.54, 1.807) is 43.3 Å². The van der Waals surface area contributed by atoms with Gasteiger partial charge in [-0.3, -0.25) is 4.79 Å². The first-order chi connectivity index (χ1) is 12.7. The molecule has 2 aromatic carbocycles. The Morgan fingerprint density at radius 1 is 1.04 bits per heavy atom. The highest BCUT2D eigenvalue weighted by atomic mass is 16.6. The molecule has 5 nitrogen and oxygen atoms in total. The number of carbonyl (C=O) groups excluding carboxylic acids is 2. The number of ketones is 1. The van der Waals surface area contributed by atoms with Crippen LogP contribution < -0.4 is 4.74 Å². The minimum absolute atomic E-state index is 0.00242. The molecule has 2 rings (SSSR count). The van der Waals surface area contributed by atoms with E-state index in [1.165, 1.54) is 0 Å². The molecule has 27 heavy (non-hydrogen) atoms. The first-order valence-corrected chi connectivity index (χ1v) is 8.68. The van der Waals surface area contributed by atoms with E-state index >= 15 is 0 Å². The van der Waals surface area contributed by atoms with Crippen LogP contribution in [0.5, 0.6) is 5.75 Å². The summed E-state index contributed by atoms with van der Waals surface area (Å²) in [4.78, 5) is 24.4. The van der Waals surface area contributed by atoms with Crippen LogP contribution >= 0.6 is 0 Å². The van der Waals surface area contributed by atoms with Gasteiger partial charge in [0.25, 0.3) is 0 Å². The third-order valence-electron chi connectivity index (χ3n) is 4.05. The summed E-state index contributed by atoms with van der Waals surface area (Å²) in [5, 5.41) is 8.75. The Hall–Kier alpha value is -3.13. The predicted molar refractivity (Wildman–Crippen MR) is 102 cm³/mol. The Balaban J connectivity index is 1.89. The molecule has 0 saturated heterocycles. The van der Waals surface area contributed by atoms with Gasteiger partial charge in [0.1, 0.15) is 5.75 Å². The van der Waals surface area contributed by atoms with E-state index in [4.69, 9.17) is 14.7 Å². The number of benzene rings is 2. The van der Waals surface area contributed by atoms with Gasteiger partial charge in [-0.05, 0) is 42.2 Å². The predicted octanol–water partition coefficient (Wildman–Crippen LogP) is 4.05. The van der Waals surface area contributed by atoms with Crippen molar-refractivity contribution in [3.63, 3.8) is 0 Å². The molecule has 0 aliphatic heterocycles. The van der Waals surface area contributed by atoms with Crippen LogP contribution in [0.15, 0.2) is 48.5 Å². The number of esters is 1. The van der Waals surface area contributed by atoms with Gasteiger partial charge in [0.2, 0.25) is 5.78 Å². The summed E-state index contributed by atoms with van der Waals surface area (Å²) in [6, 6.07) is 15.7. The average Bonchev–Trinajstić information content (AvgIpc) is 2.65. The van der Waals surface area contributed by atoms with Gasteiger partial charge < -0.3 is 9.47 Å². The lowest BCUT2D eigenvalue weighted by atomic mass is 9.86. The van der Waals surface area contributed by atoms with Crippen molar-refractivity contribution in [2.45, 2.75) is 39.2 Å². The number of hydrogen-bond donors (Lipinski definition) is 0. The Morgan fingerprint density at radius 2 is 1.63 bits per heavy atom. The quantitative estimate of drug-likeness (QED) is 0.570. The van der Waals surface area contributed by atoms with Crippen molar-refractivity contribution in [1.29, 1.82) is 5.26 Å². The first kappa shape index (κ1) is 20.2. The topological polar surface area (TPSA) is 76.4 Å². The van der Waals surface area contributed by atoms with Crippen LogP contribution in [0.1, 0.15) is 49.2 Å². The number of hydrogen-bond acceptors (Lipinski definition) is 5. The van der Waals surface area contributed by atoms with Gasteiger partial charge in [0, 0.05) is 5.56 Å². The lowest BCUT2D eigenvalue weighted by Crippen LogP contribution is -2.27. The summed E-state index contributed by atoms with van der Waals surface area (Å²) in [5.41, 5.74) is 2.13. The minimum Gasteiger partial charge on any atom is -0.482 e. The zero-order valence-corrected chi connectivity index (χ0v) is 16.0. The third-order valence-corrected chi connectivity index (χ3v) is 4.05. The highest BCUT2D eigenvalue weighted by Gasteiger charge is 2.21. The zero-order chi connectivity index (χ0) is 20.0. The molecule has 1 atom stereocenters. The highest BCUT2D eigenvalue weighted by molar-refractivity contribution is 6.00. The molecule has 0 heterocycles. The van der Waals surface area contributed by atoms with Crippen LogP contribution in [0.25, 0.3) is 0 Å². The number of rotatable bonds is 6. The molecule has 0 fully saturated rings. The van der Waals surface area contributed by atoms with E-state index in [0.717, 1.165) is 5.56 Å². The third kappa shape index (κ3) is 5.68. The highest BCUT2D eigenvalue weighted by Crippen LogP contribution is 2.22. The SMILES string of the molecule is C[C@@H](OC(=O)COc1ccc(C#N)cc1)C(=O)c1ccc(C(C)(C)C)cc1. The van der Waals surface area contributed by atoms with Gasteiger partial charge >= 0.3 is 5.97 Å². The van der Waals surface area contributed by atoms with Crippen molar-refractivity contribution in [1.82, 2.24) is 0 Å². The maximum Gasteiger partial charge on any atom is 0.344 e. The molecule has 5 heteroatoms. The lowest BCUT2D eigenvalue weighted by molar-refractivity contribution is -0.148. The number of nitriles is 1. The lowest BCUT2D eigenvalue weighted by Gasteiger charge is -2.19. The van der Waals surface area contributed by atoms with Crippen molar-refractivity contribution < 1.29 is 19.1 Å². The summed E-state index contributed by atoms with van der Waals surface area (Å²) in [7, 11) is 0. The summed E-state index contributed by atoms with van der Waals surface area (Å²) in [5.74, 6) is -0.448. The van der Waals surface area contributed by atoms with E-state index in [2.05, 4.69) is 20.8 Å². The molecule has 2 aromatic rings. The van der Waals surface area contributed by atoms with Crippen molar-refractivity contribution in [2.75, 3.05) is 6.61 Å². The number of Topliss-reactive ketones (excluding diaryl/α,β-unsaturated/α-hetero) is 1. The Kier molecular flexibility index (Phi) is 6.36. The van der Waals surface area contributed by atoms with E-state index in [0.29, 0.717) is 16.9 Å². The standard InChI is InChI=1S/C22H23NO4/c1-15(21(25)17-7-9-18(10-8-17)22(2,3)4)27-20(24)14-26-19-11-5-16(13-23)6-12-19/h5-12,15H,14H2,1-4H3/t15-/m1/s1. The largest absolute Gasteiger partial charge is 0.482 e. The summed E-state index contributed by atoms with van der Waals surface area (Å²) in [6.45, 7) is 7.53. The second-order valence-electron chi connectivity index (χ2n) is 7.25. The number of nitrogens with zero attached hydrogens (tertiary/aromatic N) is 1. The number of ether oxygens (including phenoxy) is 2. The van der Waals surface area contributed by atoms with Crippen LogP contribution in [0.4, 0.5) is 0 Å². The monoisotopic (exact) mass is 365 g/mol. The number of carbonyl (C=O) groups is 2. The van der Waals surface area contributed by atoms with Crippen LogP contribution in [0.2, 0.25) is 0 Å². The molecule has 0 aliphatic carbocycles. The molecule has 0 aliphatic rings. The average molecular weight is 365 g/mol. The smallest absolute Gasteiger partial charge is 0.344 e. The van der Waals surface area contributed by atoms with E-state index in [9.17, 15) is 9.59 Å². The van der Waals surface area contributed by atoms with Crippen molar-refractivity contribution in [3.05, 3.63) is 65.2 Å². The summed E-state index contributed by atoms with van der Waals surface area (Å²) >= 11 is 0. The van der Waals surface area contributed by atoms with Crippen LogP contribution in [0.3, 0.4) is 0 Å². The van der Waals surface area contributed by atoms with Crippen molar-refractivity contribution >= 4 is 11.8 Å². The molecular weight excluding hydrogens is 342 g/mol. The Labute approximate surface area is 159 Å². The molecule has 140 valence electrons. The van der Waals surface area contributed by atoms with Gasteiger partial charge in [0.15, 0.2) is 12.7 Å². The summed E-state index contributed by atoms with van der Waals surface area (Å²) < 4.78 is 10.5. The normalized spacial score (nSPS) is 12.0. The maximum absolute atomic E-state index is 12.4. The molecule has 0 N–H and O–H groups in total. The Bertz CT molecular complexity index is 840. The molecule has 0 bridgehead atoms. The fourth-order valence-electron chi connectivity index (χ4n) is 2.42. The Morgan fingerprint density at radius 3 is 2.15 bits per heavy atom. The summed E-state index contributed by atoms with van der Waals surface area (Å²) in [6.07, 6.45) is -0.900. The van der Waals surface area contributed by atoms with Crippen LogP contribution in [0, 0.1) is 11.3 Å². The van der Waals surface area contributed by atoms with Crippen LogP contribution in [-0.2, 0) is 14.9 Å². The van der Waals surface area contributed by atoms with Crippen molar-refractivity contribution in [3.8, 4) is 11.8 Å². The van der Waals surface area contributed by atoms with Gasteiger partial charge in [-0.15, -0.1) is 0 Å². The first-order valence-electron chi connectivity index (χ1n) is 8.68. The fraction of sp³-hybridized carbons (Fsp3) is 0.318. The second-order valence-corrected chi connectivity index (χ2v) is 7.25. The molecule has 0 amide bonds. The van der Waals surface area contributed by atoms with Gasteiger partial charge in [0.05, 0.1) is 11.6 Å². The van der Waals surface area contributed by atoms with E-state index in [-0.39, 0.29) is 17.8 Å². The molecule has 0 unspecified atom stereocenters. The van der Waals surface area contributed by atoms with Crippen LogP contribution in [-0.4, -0.2) is 24.5 Å². The maximum atomic E-state index is 12.4. The molecule has 0 spiro atoms. The van der Waals surface area contributed by atoms with Crippen molar-refractivity contribution in [2.24, 2.45) is 0 Å². The van der Waals surface area contributed by atoms with E-state index in [1.807, 2.05) is 18.2 Å². The molecule has 0 saturated carbocycles. The minimum atomic E-state index is -0.900. The zero-order valence-electron chi connectivity index (χ0n) is 16.0. The van der Waals surface area contributed by atoms with E-state index < -0.39 is 12.1 Å². The fourth-order valence-corrected chi connectivity index (χ4v) is 2.42. The van der Waals surface area contributed by atoms with Gasteiger partial charge in [-0.2, -0.15) is 5.26 Å². The van der Waals surface area contributed by atoms with Gasteiger partial charge in [-0.1, -0.05) is 45.0 Å².